The lowest BCUT2D eigenvalue weighted by Crippen LogP contribution is -2.38. The van der Waals surface area contributed by atoms with Crippen molar-refractivity contribution in [3.63, 3.8) is 0 Å². The summed E-state index contributed by atoms with van der Waals surface area (Å²) in [4.78, 5) is 32.4. The number of piperidine rings is 1. The molecule has 0 saturated carbocycles. The van der Waals surface area contributed by atoms with E-state index in [0.29, 0.717) is 51.4 Å². The maximum atomic E-state index is 13.1. The molecule has 1 N–H and O–H groups in total. The zero-order chi connectivity index (χ0) is 27.2. The highest BCUT2D eigenvalue weighted by molar-refractivity contribution is 5.84. The fourth-order valence-electron chi connectivity index (χ4n) is 5.41. The lowest BCUT2D eigenvalue weighted by atomic mass is 9.97. The molecule has 0 aliphatic carbocycles. The molecule has 0 spiro atoms. The molecule has 2 aliphatic rings. The molecule has 3 aromatic rings. The predicted octanol–water partition coefficient (Wildman–Crippen LogP) is 3.94. The number of halogens is 3. The van der Waals surface area contributed by atoms with Crippen molar-refractivity contribution >= 4 is 29.0 Å². The minimum atomic E-state index is -4.48. The standard InChI is InChI=1S/C25H29F3N6O4/c1-15(12-33-13-18(11-29-33)25(26,27)28)34-20-4-3-16-5-10-32(24(37)38-2)14-19(16)21(20)30-23(34)31-8-6-17(7-9-31)22(35)36/h3-4,11,13,15,17H,5-10,12,14H2,1-2H3,(H,35,36)/t15-/m1/s1. The van der Waals surface area contributed by atoms with Crippen LogP contribution in [0.3, 0.4) is 0 Å². The van der Waals surface area contributed by atoms with Gasteiger partial charge in [-0.1, -0.05) is 6.07 Å². The molecule has 0 unspecified atom stereocenters. The first kappa shape index (κ1) is 25.9. The number of ether oxygens (including phenoxy) is 1. The molecule has 1 amide bonds. The third-order valence-corrected chi connectivity index (χ3v) is 7.46. The molecule has 1 fully saturated rings. The largest absolute Gasteiger partial charge is 0.481 e. The molecule has 1 aromatic carbocycles. The Morgan fingerprint density at radius 3 is 2.58 bits per heavy atom. The van der Waals surface area contributed by atoms with Gasteiger partial charge in [-0.25, -0.2) is 9.78 Å². The van der Waals surface area contributed by atoms with Gasteiger partial charge in [0, 0.05) is 31.4 Å². The molecule has 5 rings (SSSR count). The molecule has 4 heterocycles. The lowest BCUT2D eigenvalue weighted by Gasteiger charge is -2.32. The average Bonchev–Trinajstić information content (AvgIpc) is 3.53. The Morgan fingerprint density at radius 2 is 1.95 bits per heavy atom. The van der Waals surface area contributed by atoms with Crippen molar-refractivity contribution in [3.05, 3.63) is 41.2 Å². The summed E-state index contributed by atoms with van der Waals surface area (Å²) in [5.74, 6) is -0.612. The van der Waals surface area contributed by atoms with Gasteiger partial charge in [0.05, 0.1) is 55.0 Å². The van der Waals surface area contributed by atoms with E-state index in [9.17, 15) is 27.9 Å². The van der Waals surface area contributed by atoms with Crippen molar-refractivity contribution in [1.82, 2.24) is 24.2 Å². The number of hydrogen-bond donors (Lipinski definition) is 1. The third-order valence-electron chi connectivity index (χ3n) is 7.46. The van der Waals surface area contributed by atoms with E-state index in [1.54, 1.807) is 4.90 Å². The van der Waals surface area contributed by atoms with Gasteiger partial charge in [-0.15, -0.1) is 0 Å². The van der Waals surface area contributed by atoms with Crippen LogP contribution < -0.4 is 4.90 Å². The third kappa shape index (κ3) is 4.76. The molecular weight excluding hydrogens is 505 g/mol. The Labute approximate surface area is 216 Å². The maximum Gasteiger partial charge on any atom is 0.419 e. The maximum absolute atomic E-state index is 13.1. The van der Waals surface area contributed by atoms with E-state index in [4.69, 9.17) is 9.72 Å². The second-order valence-electron chi connectivity index (χ2n) is 9.89. The summed E-state index contributed by atoms with van der Waals surface area (Å²) < 4.78 is 47.6. The van der Waals surface area contributed by atoms with Crippen LogP contribution in [0.1, 0.15) is 42.5 Å². The predicted molar refractivity (Wildman–Crippen MR) is 131 cm³/mol. The van der Waals surface area contributed by atoms with E-state index < -0.39 is 29.7 Å². The molecule has 0 radical (unpaired) electrons. The number of carbonyl (C=O) groups is 2. The molecule has 2 aliphatic heterocycles. The Kier molecular flexibility index (Phi) is 6.70. The summed E-state index contributed by atoms with van der Waals surface area (Å²) in [6.07, 6.45) is -1.51. The van der Waals surface area contributed by atoms with Gasteiger partial charge >= 0.3 is 18.2 Å². The Morgan fingerprint density at radius 1 is 1.21 bits per heavy atom. The van der Waals surface area contributed by atoms with Crippen molar-refractivity contribution < 1.29 is 32.6 Å². The molecule has 1 atom stereocenters. The smallest absolute Gasteiger partial charge is 0.419 e. The van der Waals surface area contributed by atoms with Crippen LogP contribution in [0.4, 0.5) is 23.9 Å². The van der Waals surface area contributed by atoms with Gasteiger partial charge in [0.2, 0.25) is 5.95 Å². The number of anilines is 1. The number of carboxylic acid groups (broad SMARTS) is 1. The van der Waals surface area contributed by atoms with Gasteiger partial charge in [-0.2, -0.15) is 18.3 Å². The zero-order valence-electron chi connectivity index (χ0n) is 21.1. The highest BCUT2D eigenvalue weighted by Crippen LogP contribution is 2.35. The van der Waals surface area contributed by atoms with E-state index >= 15 is 0 Å². The quantitative estimate of drug-likeness (QED) is 0.529. The van der Waals surface area contributed by atoms with Crippen LogP contribution in [-0.2, 0) is 35.2 Å². The van der Waals surface area contributed by atoms with Crippen LogP contribution in [-0.4, -0.2) is 68.1 Å². The summed E-state index contributed by atoms with van der Waals surface area (Å²) in [5.41, 5.74) is 2.68. The first-order valence-electron chi connectivity index (χ1n) is 12.5. The SMILES string of the molecule is COC(=O)N1CCc2ccc3c(nc(N4CCC(C(=O)O)CC4)n3[C@H](C)Cn3cc(C(F)(F)F)cn3)c2C1. The zero-order valence-corrected chi connectivity index (χ0v) is 21.1. The van der Waals surface area contributed by atoms with Gasteiger partial charge in [0.25, 0.3) is 0 Å². The lowest BCUT2D eigenvalue weighted by molar-refractivity contribution is -0.142. The first-order valence-corrected chi connectivity index (χ1v) is 12.5. The second-order valence-corrected chi connectivity index (χ2v) is 9.89. The fraction of sp³-hybridized carbons (Fsp3) is 0.520. The number of carbonyl (C=O) groups excluding carboxylic acids is 1. The second kappa shape index (κ2) is 9.84. The summed E-state index contributed by atoms with van der Waals surface area (Å²) in [5, 5.41) is 13.3. The first-order chi connectivity index (χ1) is 18.1. The molecule has 2 aromatic heterocycles. The van der Waals surface area contributed by atoms with Crippen LogP contribution in [0.2, 0.25) is 0 Å². The minimum absolute atomic E-state index is 0.172. The van der Waals surface area contributed by atoms with Crippen molar-refractivity contribution in [2.45, 2.75) is 51.5 Å². The van der Waals surface area contributed by atoms with Gasteiger partial charge in [0.15, 0.2) is 0 Å². The minimum Gasteiger partial charge on any atom is -0.481 e. The normalized spacial score (nSPS) is 17.5. The molecule has 10 nitrogen and oxygen atoms in total. The Bertz CT molecular complexity index is 1360. The average molecular weight is 535 g/mol. The van der Waals surface area contributed by atoms with Gasteiger partial charge in [-0.3, -0.25) is 9.48 Å². The number of nitrogens with zero attached hydrogens (tertiary/aromatic N) is 6. The fourth-order valence-corrected chi connectivity index (χ4v) is 5.41. The van der Waals surface area contributed by atoms with Crippen LogP contribution in [0.5, 0.6) is 0 Å². The highest BCUT2D eigenvalue weighted by atomic mass is 19.4. The number of alkyl halides is 3. The molecule has 204 valence electrons. The topological polar surface area (TPSA) is 106 Å². The van der Waals surface area contributed by atoms with Gasteiger partial charge in [0.1, 0.15) is 0 Å². The highest BCUT2D eigenvalue weighted by Gasteiger charge is 2.33. The number of imidazole rings is 1. The van der Waals surface area contributed by atoms with E-state index in [2.05, 4.69) is 5.10 Å². The molecule has 13 heteroatoms. The summed E-state index contributed by atoms with van der Waals surface area (Å²) in [7, 11) is 1.34. The van der Waals surface area contributed by atoms with Crippen LogP contribution in [0, 0.1) is 5.92 Å². The van der Waals surface area contributed by atoms with Crippen LogP contribution in [0.25, 0.3) is 11.0 Å². The van der Waals surface area contributed by atoms with Crippen molar-refractivity contribution in [3.8, 4) is 0 Å². The molecule has 38 heavy (non-hydrogen) atoms. The van der Waals surface area contributed by atoms with Crippen LogP contribution >= 0.6 is 0 Å². The number of carboxylic acids is 1. The molecule has 1 saturated heterocycles. The Balaban J connectivity index is 1.54. The van der Waals surface area contributed by atoms with E-state index in [1.165, 1.54) is 11.8 Å². The van der Waals surface area contributed by atoms with E-state index in [0.717, 1.165) is 34.6 Å². The number of amides is 1. The van der Waals surface area contributed by atoms with Crippen molar-refractivity contribution in [2.75, 3.05) is 31.6 Å². The summed E-state index contributed by atoms with van der Waals surface area (Å²) in [6, 6.07) is 3.64. The molecular formula is C25H29F3N6O4. The number of aromatic nitrogens is 4. The number of hydrogen-bond acceptors (Lipinski definition) is 6. The number of rotatable bonds is 5. The number of fused-ring (bicyclic) bond motifs is 3. The monoisotopic (exact) mass is 534 g/mol. The van der Waals surface area contributed by atoms with Crippen molar-refractivity contribution in [1.29, 1.82) is 0 Å². The van der Waals surface area contributed by atoms with Crippen molar-refractivity contribution in [2.24, 2.45) is 5.92 Å². The van der Waals surface area contributed by atoms with Crippen LogP contribution in [0.15, 0.2) is 24.5 Å². The summed E-state index contributed by atoms with van der Waals surface area (Å²) in [6.45, 7) is 3.90. The molecule has 0 bridgehead atoms. The summed E-state index contributed by atoms with van der Waals surface area (Å²) >= 11 is 0. The number of methoxy groups -OCH3 is 1. The number of benzene rings is 1. The van der Waals surface area contributed by atoms with Gasteiger partial charge in [-0.05, 0) is 37.8 Å². The van der Waals surface area contributed by atoms with E-state index in [1.807, 2.05) is 28.5 Å². The number of aliphatic carboxylic acids is 1. The van der Waals surface area contributed by atoms with Gasteiger partial charge < -0.3 is 24.2 Å². The van der Waals surface area contributed by atoms with E-state index in [-0.39, 0.29) is 12.6 Å². The Hall–Kier alpha value is -3.77.